The average Bonchev–Trinajstić information content (AvgIpc) is 3.54. The van der Waals surface area contributed by atoms with E-state index >= 15 is 0 Å². The number of hydrogen-bond donors (Lipinski definition) is 1. The van der Waals surface area contributed by atoms with Gasteiger partial charge in [-0.3, -0.25) is 4.99 Å². The molecule has 0 radical (unpaired) electrons. The lowest BCUT2D eigenvalue weighted by Crippen LogP contribution is -2.43. The van der Waals surface area contributed by atoms with Crippen LogP contribution in [-0.4, -0.2) is 5.71 Å². The Morgan fingerprint density at radius 3 is 2.41 bits per heavy atom. The van der Waals surface area contributed by atoms with E-state index in [2.05, 4.69) is 163 Å². The van der Waals surface area contributed by atoms with Gasteiger partial charge in [0.2, 0.25) is 0 Å². The van der Waals surface area contributed by atoms with E-state index in [1.165, 1.54) is 44.7 Å². The predicted octanol–water partition coefficient (Wildman–Crippen LogP) is 11.8. The molecule has 0 bridgehead atoms. The molecule has 54 heavy (non-hydrogen) atoms. The Morgan fingerprint density at radius 1 is 0.704 bits per heavy atom. The lowest BCUT2D eigenvalue weighted by molar-refractivity contribution is 0.252. The minimum atomic E-state index is -0.328. The van der Waals surface area contributed by atoms with Crippen molar-refractivity contribution in [3.63, 3.8) is 0 Å². The van der Waals surface area contributed by atoms with Crippen LogP contribution in [0.1, 0.15) is 72.5 Å². The molecule has 0 saturated heterocycles. The van der Waals surface area contributed by atoms with Crippen LogP contribution in [0.4, 0.5) is 0 Å². The van der Waals surface area contributed by atoms with Gasteiger partial charge in [0.05, 0.1) is 11.1 Å². The summed E-state index contributed by atoms with van der Waals surface area (Å²) in [4.78, 5) is 5.47. The Morgan fingerprint density at radius 2 is 1.48 bits per heavy atom. The Hall–Kier alpha value is -5.93. The molecule has 11 rings (SSSR count). The van der Waals surface area contributed by atoms with Gasteiger partial charge in [-0.1, -0.05) is 146 Å². The van der Waals surface area contributed by atoms with E-state index in [0.717, 1.165) is 78.0 Å². The molecular weight excluding hydrogens is 657 g/mol. The smallest absolute Gasteiger partial charge is 0.145 e. The van der Waals surface area contributed by atoms with Crippen molar-refractivity contribution < 1.29 is 4.74 Å². The van der Waals surface area contributed by atoms with Crippen molar-refractivity contribution in [1.29, 1.82) is 0 Å². The second-order valence-corrected chi connectivity index (χ2v) is 15.5. The molecule has 3 heteroatoms. The maximum Gasteiger partial charge on any atom is 0.145 e. The quantitative estimate of drug-likeness (QED) is 0.230. The average molecular weight is 699 g/mol. The minimum absolute atomic E-state index is 0.182. The van der Waals surface area contributed by atoms with Gasteiger partial charge in [-0.05, 0) is 95.2 Å². The van der Waals surface area contributed by atoms with Crippen molar-refractivity contribution in [2.45, 2.75) is 50.1 Å². The number of allylic oxidation sites excluding steroid dienone is 15. The Balaban J connectivity index is 1.09. The summed E-state index contributed by atoms with van der Waals surface area (Å²) in [5, 5.41) is 3.88. The van der Waals surface area contributed by atoms with Crippen molar-refractivity contribution in [2.24, 2.45) is 16.8 Å². The van der Waals surface area contributed by atoms with Crippen molar-refractivity contribution in [3.05, 3.63) is 214 Å². The van der Waals surface area contributed by atoms with Crippen LogP contribution in [0.15, 0.2) is 191 Å². The molecule has 2 heterocycles. The van der Waals surface area contributed by atoms with E-state index in [0.29, 0.717) is 0 Å². The van der Waals surface area contributed by atoms with Gasteiger partial charge in [-0.2, -0.15) is 0 Å². The lowest BCUT2D eigenvalue weighted by atomic mass is 9.59. The third kappa shape index (κ3) is 4.77. The van der Waals surface area contributed by atoms with Crippen LogP contribution < -0.4 is 10.1 Å². The SMILES string of the molecule is C1=CCC2C(=C1)Oc1c(-c3ccccc3C3=NC(c4ccccc4)NC(C4C=C5CCC=CC5=CC4)=C3)cccc1C21C2=C(CCC=C2)c2ccccc21. The van der Waals surface area contributed by atoms with Crippen LogP contribution in [-0.2, 0) is 5.41 Å². The summed E-state index contributed by atoms with van der Waals surface area (Å²) < 4.78 is 7.18. The highest BCUT2D eigenvalue weighted by Crippen LogP contribution is 2.64. The normalized spacial score (nSPS) is 25.8. The molecule has 0 fully saturated rings. The molecule has 1 spiro atoms. The Bertz CT molecular complexity index is 2520. The van der Waals surface area contributed by atoms with E-state index in [1.807, 2.05) is 0 Å². The topological polar surface area (TPSA) is 33.6 Å². The zero-order chi connectivity index (χ0) is 35.6. The maximum atomic E-state index is 7.18. The molecular formula is C51H42N2O. The molecule has 2 aliphatic heterocycles. The zero-order valence-corrected chi connectivity index (χ0v) is 30.3. The number of nitrogens with one attached hydrogen (secondary N) is 1. The van der Waals surface area contributed by atoms with Gasteiger partial charge < -0.3 is 10.1 Å². The highest BCUT2D eigenvalue weighted by molar-refractivity contribution is 6.14. The van der Waals surface area contributed by atoms with Gasteiger partial charge in [-0.15, -0.1) is 0 Å². The van der Waals surface area contributed by atoms with Crippen LogP contribution in [0.3, 0.4) is 0 Å². The van der Waals surface area contributed by atoms with Crippen molar-refractivity contribution in [2.75, 3.05) is 0 Å². The zero-order valence-electron chi connectivity index (χ0n) is 30.3. The molecule has 4 atom stereocenters. The molecule has 7 aliphatic rings. The highest BCUT2D eigenvalue weighted by atomic mass is 16.5. The molecule has 262 valence electrons. The summed E-state index contributed by atoms with van der Waals surface area (Å²) in [6.45, 7) is 0. The number of hydrogen-bond acceptors (Lipinski definition) is 3. The summed E-state index contributed by atoms with van der Waals surface area (Å²) in [7, 11) is 0. The van der Waals surface area contributed by atoms with Crippen molar-refractivity contribution >= 4 is 11.3 Å². The van der Waals surface area contributed by atoms with Crippen molar-refractivity contribution in [3.8, 4) is 16.9 Å². The van der Waals surface area contributed by atoms with E-state index < -0.39 is 0 Å². The third-order valence-electron chi connectivity index (χ3n) is 12.7. The first kappa shape index (κ1) is 31.6. The standard InChI is InChI=1S/C51H42N2O/c1-2-16-34(17-3-1)50-52-46(36-30-29-33-15-4-5-18-35(33)31-36)32-47(53-50)40-22-7-6-19-37(40)41-23-14-27-45-49(41)54-48-28-13-12-26-44(48)51(45)42-24-10-8-20-38(42)39-21-9-11-25-43(39)51/h1-4,6-8,10-17,19-20,22-25,27-29,31-32,36,44,50,52H,5,9,18,21,26,30H2. The van der Waals surface area contributed by atoms with Gasteiger partial charge in [-0.25, -0.2) is 0 Å². The number of para-hydroxylation sites is 1. The van der Waals surface area contributed by atoms with Gasteiger partial charge in [0.1, 0.15) is 17.7 Å². The highest BCUT2D eigenvalue weighted by Gasteiger charge is 2.56. The number of benzene rings is 4. The first-order chi connectivity index (χ1) is 26.8. The Labute approximate surface area is 317 Å². The fourth-order valence-electron chi connectivity index (χ4n) is 10.3. The summed E-state index contributed by atoms with van der Waals surface area (Å²) in [5.74, 6) is 2.46. The molecule has 3 nitrogen and oxygen atoms in total. The molecule has 0 amide bonds. The Kier molecular flexibility index (Phi) is 7.37. The lowest BCUT2D eigenvalue weighted by Gasteiger charge is -2.47. The second-order valence-electron chi connectivity index (χ2n) is 15.5. The van der Waals surface area contributed by atoms with Gasteiger partial charge in [0.25, 0.3) is 0 Å². The number of nitrogens with zero attached hydrogens (tertiary/aromatic N) is 1. The number of rotatable bonds is 4. The molecule has 1 N–H and O–H groups in total. The fourth-order valence-corrected chi connectivity index (χ4v) is 10.3. The van der Waals surface area contributed by atoms with E-state index in [4.69, 9.17) is 9.73 Å². The summed E-state index contributed by atoms with van der Waals surface area (Å²) >= 11 is 0. The van der Waals surface area contributed by atoms with E-state index in [1.54, 1.807) is 0 Å². The first-order valence-corrected chi connectivity index (χ1v) is 19.7. The molecule has 4 unspecified atom stereocenters. The number of fused-ring (bicyclic) bond motifs is 9. The number of ether oxygens (including phenoxy) is 1. The van der Waals surface area contributed by atoms with Crippen molar-refractivity contribution in [1.82, 2.24) is 5.32 Å². The van der Waals surface area contributed by atoms with Gasteiger partial charge in [0, 0.05) is 34.2 Å². The van der Waals surface area contributed by atoms with Gasteiger partial charge >= 0.3 is 0 Å². The second kappa shape index (κ2) is 12.6. The first-order valence-electron chi connectivity index (χ1n) is 19.7. The monoisotopic (exact) mass is 698 g/mol. The summed E-state index contributed by atoms with van der Waals surface area (Å²) in [6.07, 6.45) is 29.5. The molecule has 0 saturated carbocycles. The van der Waals surface area contributed by atoms with Crippen LogP contribution >= 0.6 is 0 Å². The molecule has 0 aromatic heterocycles. The molecule has 4 aromatic rings. The molecule has 4 aromatic carbocycles. The minimum Gasteiger partial charge on any atom is -0.460 e. The summed E-state index contributed by atoms with van der Waals surface area (Å²) in [5.41, 5.74) is 16.3. The summed E-state index contributed by atoms with van der Waals surface area (Å²) in [6, 6.07) is 35.5. The largest absolute Gasteiger partial charge is 0.460 e. The van der Waals surface area contributed by atoms with Crippen LogP contribution in [0.25, 0.3) is 16.7 Å². The fraction of sp³-hybridized carbons (Fsp3) is 0.196. The van der Waals surface area contributed by atoms with E-state index in [-0.39, 0.29) is 23.4 Å². The van der Waals surface area contributed by atoms with Crippen LogP contribution in [0.2, 0.25) is 0 Å². The molecule has 5 aliphatic carbocycles. The third-order valence-corrected chi connectivity index (χ3v) is 12.7. The maximum absolute atomic E-state index is 7.18. The van der Waals surface area contributed by atoms with E-state index in [9.17, 15) is 0 Å². The van der Waals surface area contributed by atoms with Crippen LogP contribution in [0, 0.1) is 11.8 Å². The van der Waals surface area contributed by atoms with Gasteiger partial charge in [0.15, 0.2) is 0 Å². The number of aliphatic imine (C=N–C) groups is 1. The predicted molar refractivity (Wildman–Crippen MR) is 220 cm³/mol. The van der Waals surface area contributed by atoms with Crippen LogP contribution in [0.5, 0.6) is 5.75 Å².